The normalized spacial score (nSPS) is 12.1. The molecular weight excluding hydrogens is 352 g/mol. The number of fused-ring (bicyclic) bond motifs is 1. The topological polar surface area (TPSA) is 83.1 Å². The van der Waals surface area contributed by atoms with Gasteiger partial charge in [0.15, 0.2) is 5.65 Å². The van der Waals surface area contributed by atoms with Crippen LogP contribution in [0, 0.1) is 11.3 Å². The van der Waals surface area contributed by atoms with Gasteiger partial charge in [-0.3, -0.25) is 4.79 Å². The van der Waals surface area contributed by atoms with Crippen molar-refractivity contribution in [1.29, 1.82) is 5.26 Å². The molecule has 3 rings (SSSR count). The second kappa shape index (κ2) is 7.91. The molecule has 6 nitrogen and oxygen atoms in total. The van der Waals surface area contributed by atoms with E-state index in [1.54, 1.807) is 24.3 Å². The molecule has 0 bridgehead atoms. The number of hydrogen-bond acceptors (Lipinski definition) is 4. The molecule has 0 aliphatic heterocycles. The molecule has 1 N–H and O–H groups in total. The van der Waals surface area contributed by atoms with Gasteiger partial charge < -0.3 is 5.32 Å². The van der Waals surface area contributed by atoms with E-state index in [4.69, 9.17) is 5.26 Å². The average molecular weight is 369 g/mol. The Morgan fingerprint density at radius 3 is 2.70 bits per heavy atom. The van der Waals surface area contributed by atoms with E-state index in [1.165, 1.54) is 12.3 Å². The zero-order valence-corrected chi connectivity index (χ0v) is 14.6. The summed E-state index contributed by atoms with van der Waals surface area (Å²) in [5.41, 5.74) is 0.681. The van der Waals surface area contributed by atoms with Crippen molar-refractivity contribution in [2.45, 2.75) is 32.2 Å². The average Bonchev–Trinajstić information content (AvgIpc) is 3.11. The molecule has 0 saturated heterocycles. The molecule has 1 atom stereocenters. The summed E-state index contributed by atoms with van der Waals surface area (Å²) in [6, 6.07) is 11.5. The summed E-state index contributed by atoms with van der Waals surface area (Å²) >= 11 is 0. The highest BCUT2D eigenvalue weighted by atomic mass is 19.3. The van der Waals surface area contributed by atoms with Gasteiger partial charge >= 0.3 is 0 Å². The van der Waals surface area contributed by atoms with Crippen molar-refractivity contribution in [3.8, 4) is 17.3 Å². The van der Waals surface area contributed by atoms with Gasteiger partial charge in [0.2, 0.25) is 0 Å². The molecule has 0 fully saturated rings. The summed E-state index contributed by atoms with van der Waals surface area (Å²) in [4.78, 5) is 16.9. The quantitative estimate of drug-likeness (QED) is 0.717. The van der Waals surface area contributed by atoms with Crippen LogP contribution in [0.15, 0.2) is 42.6 Å². The number of halogens is 2. The van der Waals surface area contributed by atoms with Gasteiger partial charge in [-0.1, -0.05) is 43.7 Å². The van der Waals surface area contributed by atoms with Gasteiger partial charge in [0.1, 0.15) is 17.3 Å². The number of carbonyl (C=O) groups is 1. The molecule has 1 aromatic carbocycles. The number of nitrogens with zero attached hydrogens (tertiary/aromatic N) is 4. The Balaban J connectivity index is 2.09. The Hall–Kier alpha value is -3.34. The summed E-state index contributed by atoms with van der Waals surface area (Å²) in [5, 5.41) is 15.6. The minimum absolute atomic E-state index is 0.0253. The molecule has 138 valence electrons. The molecule has 0 radical (unpaired) electrons. The third-order valence-corrected chi connectivity index (χ3v) is 4.08. The van der Waals surface area contributed by atoms with Crippen molar-refractivity contribution in [1.82, 2.24) is 19.9 Å². The van der Waals surface area contributed by atoms with Crippen LogP contribution < -0.4 is 5.32 Å². The lowest BCUT2D eigenvalue weighted by atomic mass is 10.1. The maximum absolute atomic E-state index is 13.5. The van der Waals surface area contributed by atoms with E-state index in [0.29, 0.717) is 17.7 Å². The number of carbonyl (C=O) groups excluding carboxylic acids is 1. The van der Waals surface area contributed by atoms with Gasteiger partial charge in [0.05, 0.1) is 18.0 Å². The van der Waals surface area contributed by atoms with E-state index < -0.39 is 18.4 Å². The zero-order valence-electron chi connectivity index (χ0n) is 14.6. The first-order valence-electron chi connectivity index (χ1n) is 8.47. The Morgan fingerprint density at radius 1 is 1.33 bits per heavy atom. The molecule has 27 heavy (non-hydrogen) atoms. The molecule has 0 aliphatic carbocycles. The van der Waals surface area contributed by atoms with E-state index in [-0.39, 0.29) is 16.9 Å². The minimum Gasteiger partial charge on any atom is -0.336 e. The van der Waals surface area contributed by atoms with Gasteiger partial charge in [-0.05, 0) is 12.5 Å². The standard InChI is InChI=1S/C19H17F2N5O/c1-2-6-13(10-22)24-19(27)14-11-23-26-16(17(20)21)9-15(25-18(14)26)12-7-4-3-5-8-12/h3-5,7-9,11,13,17H,2,6H2,1H3,(H,24,27). The van der Waals surface area contributed by atoms with Gasteiger partial charge in [-0.25, -0.2) is 18.3 Å². The predicted octanol–water partition coefficient (Wildman–Crippen LogP) is 3.76. The first-order valence-corrected chi connectivity index (χ1v) is 8.47. The molecule has 1 unspecified atom stereocenters. The number of nitrogens with one attached hydrogen (secondary N) is 1. The molecule has 0 saturated carbocycles. The third-order valence-electron chi connectivity index (χ3n) is 4.08. The van der Waals surface area contributed by atoms with Crippen molar-refractivity contribution >= 4 is 11.6 Å². The van der Waals surface area contributed by atoms with Crippen molar-refractivity contribution in [2.75, 3.05) is 0 Å². The summed E-state index contributed by atoms with van der Waals surface area (Å²) in [7, 11) is 0. The van der Waals surface area contributed by atoms with Gasteiger partial charge in [0, 0.05) is 5.56 Å². The summed E-state index contributed by atoms with van der Waals surface area (Å²) < 4.78 is 28.0. The fraction of sp³-hybridized carbons (Fsp3) is 0.263. The van der Waals surface area contributed by atoms with Crippen LogP contribution >= 0.6 is 0 Å². The minimum atomic E-state index is -2.79. The van der Waals surface area contributed by atoms with Crippen LogP contribution in [0.5, 0.6) is 0 Å². The molecule has 2 heterocycles. The van der Waals surface area contributed by atoms with E-state index >= 15 is 0 Å². The smallest absolute Gasteiger partial charge is 0.280 e. The van der Waals surface area contributed by atoms with Crippen LogP contribution in [-0.4, -0.2) is 26.5 Å². The number of benzene rings is 1. The lowest BCUT2D eigenvalue weighted by molar-refractivity contribution is 0.0945. The second-order valence-electron chi connectivity index (χ2n) is 5.97. The maximum Gasteiger partial charge on any atom is 0.280 e. The first-order chi connectivity index (χ1) is 13.0. The molecule has 0 aliphatic rings. The monoisotopic (exact) mass is 369 g/mol. The lowest BCUT2D eigenvalue weighted by Gasteiger charge is -2.11. The van der Waals surface area contributed by atoms with Crippen molar-refractivity contribution in [2.24, 2.45) is 0 Å². The largest absolute Gasteiger partial charge is 0.336 e. The van der Waals surface area contributed by atoms with E-state index in [9.17, 15) is 13.6 Å². The third kappa shape index (κ3) is 3.77. The van der Waals surface area contributed by atoms with Crippen LogP contribution in [0.25, 0.3) is 16.9 Å². The van der Waals surface area contributed by atoms with Gasteiger partial charge in [0.25, 0.3) is 12.3 Å². The summed E-state index contributed by atoms with van der Waals surface area (Å²) in [5.74, 6) is -0.567. The molecule has 0 spiro atoms. The van der Waals surface area contributed by atoms with Crippen molar-refractivity contribution < 1.29 is 13.6 Å². The number of hydrogen-bond donors (Lipinski definition) is 1. The number of alkyl halides is 2. The van der Waals surface area contributed by atoms with Crippen LogP contribution in [0.3, 0.4) is 0 Å². The molecule has 1 amide bonds. The Labute approximate surface area is 154 Å². The number of aromatic nitrogens is 3. The van der Waals surface area contributed by atoms with Gasteiger partial charge in [-0.15, -0.1) is 0 Å². The number of nitriles is 1. The van der Waals surface area contributed by atoms with E-state index in [2.05, 4.69) is 15.4 Å². The van der Waals surface area contributed by atoms with Gasteiger partial charge in [-0.2, -0.15) is 10.4 Å². The number of rotatable bonds is 6. The van der Waals surface area contributed by atoms with E-state index in [1.807, 2.05) is 19.1 Å². The number of amides is 1. The molecule has 3 aromatic rings. The fourth-order valence-electron chi connectivity index (χ4n) is 2.75. The second-order valence-corrected chi connectivity index (χ2v) is 5.97. The molecular formula is C19H17F2N5O. The van der Waals surface area contributed by atoms with Crippen LogP contribution in [-0.2, 0) is 0 Å². The zero-order chi connectivity index (χ0) is 19.4. The predicted molar refractivity (Wildman–Crippen MR) is 95.2 cm³/mol. The first kappa shape index (κ1) is 18.5. The molecule has 2 aromatic heterocycles. The van der Waals surface area contributed by atoms with Crippen LogP contribution in [0.4, 0.5) is 8.78 Å². The lowest BCUT2D eigenvalue weighted by Crippen LogP contribution is -2.33. The highest BCUT2D eigenvalue weighted by Crippen LogP contribution is 2.26. The maximum atomic E-state index is 13.5. The SMILES string of the molecule is CCCC(C#N)NC(=O)c1cnn2c(C(F)F)cc(-c3ccccc3)nc12. The van der Waals surface area contributed by atoms with Crippen LogP contribution in [0.2, 0.25) is 0 Å². The molecule has 8 heteroatoms. The summed E-state index contributed by atoms with van der Waals surface area (Å²) in [6.07, 6.45) is -0.384. The van der Waals surface area contributed by atoms with E-state index in [0.717, 1.165) is 10.9 Å². The Morgan fingerprint density at radius 2 is 2.07 bits per heavy atom. The highest BCUT2D eigenvalue weighted by molar-refractivity contribution is 6.00. The Bertz CT molecular complexity index is 994. The van der Waals surface area contributed by atoms with Crippen molar-refractivity contribution in [3.63, 3.8) is 0 Å². The highest BCUT2D eigenvalue weighted by Gasteiger charge is 2.22. The Kier molecular flexibility index (Phi) is 5.41. The summed E-state index contributed by atoms with van der Waals surface area (Å²) in [6.45, 7) is 1.90. The fourth-order valence-corrected chi connectivity index (χ4v) is 2.75. The van der Waals surface area contributed by atoms with Crippen molar-refractivity contribution in [3.05, 3.63) is 53.9 Å². The van der Waals surface area contributed by atoms with Crippen LogP contribution in [0.1, 0.15) is 42.2 Å².